The van der Waals surface area contributed by atoms with Gasteiger partial charge in [-0.2, -0.15) is 0 Å². The normalized spacial score (nSPS) is 14.7. The molecule has 1 fully saturated rings. The van der Waals surface area contributed by atoms with Crippen LogP contribution in [0.2, 0.25) is 0 Å². The number of aromatic nitrogens is 3. The van der Waals surface area contributed by atoms with Crippen LogP contribution in [0.1, 0.15) is 6.92 Å². The molecule has 0 atom stereocenters. The summed E-state index contributed by atoms with van der Waals surface area (Å²) in [5, 5.41) is 17.9. The molecule has 0 aliphatic carbocycles. The topological polar surface area (TPSA) is 66.4 Å². The van der Waals surface area contributed by atoms with Crippen LogP contribution in [0.3, 0.4) is 0 Å². The fourth-order valence-electron chi connectivity index (χ4n) is 3.10. The number of rotatable bonds is 6. The molecule has 0 radical (unpaired) electrons. The quantitative estimate of drug-likeness (QED) is 0.484. The maximum atomic E-state index is 14.3. The Morgan fingerprint density at radius 1 is 1.24 bits per heavy atom. The number of hydrogen-bond donors (Lipinski definition) is 1. The van der Waals surface area contributed by atoms with E-state index in [1.165, 1.54) is 17.4 Å². The van der Waals surface area contributed by atoms with E-state index in [2.05, 4.69) is 60.0 Å². The number of pyridine rings is 1. The van der Waals surface area contributed by atoms with Gasteiger partial charge in [-0.1, -0.05) is 11.3 Å². The average Bonchev–Trinajstić information content (AvgIpc) is 3.21. The van der Waals surface area contributed by atoms with Crippen LogP contribution in [0.5, 0.6) is 0 Å². The van der Waals surface area contributed by atoms with Crippen LogP contribution in [0.25, 0.3) is 10.6 Å². The van der Waals surface area contributed by atoms with Gasteiger partial charge in [0.25, 0.3) is 0 Å². The van der Waals surface area contributed by atoms with Gasteiger partial charge in [0.1, 0.15) is 5.82 Å². The van der Waals surface area contributed by atoms with E-state index in [9.17, 15) is 4.39 Å². The second-order valence-electron chi connectivity index (χ2n) is 6.34. The molecule has 1 aliphatic rings. The summed E-state index contributed by atoms with van der Waals surface area (Å²) in [5.41, 5.74) is 1.91. The van der Waals surface area contributed by atoms with Crippen molar-refractivity contribution in [1.82, 2.24) is 20.2 Å². The highest BCUT2D eigenvalue weighted by Gasteiger charge is 2.22. The minimum atomic E-state index is -0.311. The molecule has 29 heavy (non-hydrogen) atoms. The Bertz CT molecular complexity index is 981. The van der Waals surface area contributed by atoms with Gasteiger partial charge in [0, 0.05) is 35.0 Å². The van der Waals surface area contributed by atoms with E-state index in [-0.39, 0.29) is 5.82 Å². The van der Waals surface area contributed by atoms with Gasteiger partial charge in [-0.05, 0) is 53.8 Å². The largest absolute Gasteiger partial charge is 0.379 e. The van der Waals surface area contributed by atoms with Gasteiger partial charge in [0.15, 0.2) is 5.01 Å². The number of anilines is 3. The third-order valence-electron chi connectivity index (χ3n) is 4.52. The maximum absolute atomic E-state index is 14.3. The summed E-state index contributed by atoms with van der Waals surface area (Å²) in [6, 6.07) is 6.93. The minimum Gasteiger partial charge on any atom is -0.379 e. The fourth-order valence-corrected chi connectivity index (χ4v) is 4.52. The molecule has 4 rings (SSSR count). The predicted octanol–water partition coefficient (Wildman–Crippen LogP) is 4.16. The van der Waals surface area contributed by atoms with Crippen LogP contribution in [0.4, 0.5) is 20.9 Å². The summed E-state index contributed by atoms with van der Waals surface area (Å²) >= 11 is 3.59. The van der Waals surface area contributed by atoms with Gasteiger partial charge in [0.2, 0.25) is 5.13 Å². The van der Waals surface area contributed by atoms with E-state index >= 15 is 0 Å². The first kappa shape index (κ1) is 20.4. The van der Waals surface area contributed by atoms with Crippen molar-refractivity contribution in [2.45, 2.75) is 6.92 Å². The van der Waals surface area contributed by atoms with E-state index < -0.39 is 0 Å². The molecule has 3 heterocycles. The second-order valence-corrected chi connectivity index (χ2v) is 8.54. The molecule has 0 saturated carbocycles. The molecule has 1 N–H and O–H groups in total. The third kappa shape index (κ3) is 4.65. The van der Waals surface area contributed by atoms with Gasteiger partial charge in [-0.25, -0.2) is 9.40 Å². The summed E-state index contributed by atoms with van der Waals surface area (Å²) in [4.78, 5) is 4.18. The van der Waals surface area contributed by atoms with Crippen LogP contribution in [-0.4, -0.2) is 53.0 Å². The zero-order valence-corrected chi connectivity index (χ0v) is 18.8. The van der Waals surface area contributed by atoms with Crippen molar-refractivity contribution < 1.29 is 9.13 Å². The number of benzene rings is 1. The number of hydrogen-bond acceptors (Lipinski definition) is 8. The predicted molar refractivity (Wildman–Crippen MR) is 121 cm³/mol. The standard InChI is InChI=1S/C19H20FIN6OS/c1-2-27(26-7-9-28-10-8-26)19-25-24-18(29-19)14-5-6-22-12-17(14)23-16-4-3-13(21)11-15(16)20/h3-6,11-12,23H,2,7-10H2,1H3. The van der Waals surface area contributed by atoms with Crippen molar-refractivity contribution in [2.75, 3.05) is 43.2 Å². The van der Waals surface area contributed by atoms with Crippen molar-refractivity contribution in [3.63, 3.8) is 0 Å². The van der Waals surface area contributed by atoms with Gasteiger partial charge in [0.05, 0.1) is 30.8 Å². The molecule has 7 nitrogen and oxygen atoms in total. The molecule has 0 bridgehead atoms. The highest BCUT2D eigenvalue weighted by molar-refractivity contribution is 14.1. The summed E-state index contributed by atoms with van der Waals surface area (Å²) in [7, 11) is 0. The number of ether oxygens (including phenoxy) is 1. The van der Waals surface area contributed by atoms with Gasteiger partial charge < -0.3 is 10.1 Å². The van der Waals surface area contributed by atoms with Crippen molar-refractivity contribution >= 4 is 50.4 Å². The molecule has 152 valence electrons. The lowest BCUT2D eigenvalue weighted by molar-refractivity contribution is 0.0322. The first-order chi connectivity index (χ1) is 14.2. The summed E-state index contributed by atoms with van der Waals surface area (Å²) in [5.74, 6) is -0.311. The van der Waals surface area contributed by atoms with Crippen LogP contribution < -0.4 is 10.3 Å². The van der Waals surface area contributed by atoms with E-state index in [0.717, 1.165) is 38.9 Å². The number of hydrazine groups is 1. The number of halogens is 2. The Morgan fingerprint density at radius 2 is 2.07 bits per heavy atom. The van der Waals surface area contributed by atoms with Crippen LogP contribution in [0.15, 0.2) is 36.7 Å². The fraction of sp³-hybridized carbons (Fsp3) is 0.316. The molecule has 1 aromatic carbocycles. The SMILES string of the molecule is CCN(c1nnc(-c2ccncc2Nc2ccc(I)cc2F)s1)N1CCOCC1. The summed E-state index contributed by atoms with van der Waals surface area (Å²) < 4.78 is 20.6. The van der Waals surface area contributed by atoms with Crippen molar-refractivity contribution in [2.24, 2.45) is 0 Å². The Hall–Kier alpha value is -1.89. The van der Waals surface area contributed by atoms with Crippen molar-refractivity contribution in [3.8, 4) is 10.6 Å². The zero-order chi connectivity index (χ0) is 20.2. The molecule has 1 saturated heterocycles. The molecule has 2 aromatic heterocycles. The third-order valence-corrected chi connectivity index (χ3v) is 6.16. The smallest absolute Gasteiger partial charge is 0.223 e. The molecular weight excluding hydrogens is 506 g/mol. The van der Waals surface area contributed by atoms with Gasteiger partial charge >= 0.3 is 0 Å². The Kier molecular flexibility index (Phi) is 6.53. The Labute approximate surface area is 186 Å². The molecule has 0 unspecified atom stereocenters. The first-order valence-electron chi connectivity index (χ1n) is 9.26. The lowest BCUT2D eigenvalue weighted by atomic mass is 10.2. The Morgan fingerprint density at radius 3 is 2.83 bits per heavy atom. The number of nitrogens with zero attached hydrogens (tertiary/aromatic N) is 5. The van der Waals surface area contributed by atoms with E-state index in [1.807, 2.05) is 12.1 Å². The lowest BCUT2D eigenvalue weighted by Gasteiger charge is -2.36. The Balaban J connectivity index is 1.61. The monoisotopic (exact) mass is 526 g/mol. The molecule has 1 aliphatic heterocycles. The maximum Gasteiger partial charge on any atom is 0.223 e. The van der Waals surface area contributed by atoms with Crippen LogP contribution in [-0.2, 0) is 4.74 Å². The van der Waals surface area contributed by atoms with E-state index in [4.69, 9.17) is 4.74 Å². The first-order valence-corrected chi connectivity index (χ1v) is 11.2. The molecule has 0 spiro atoms. The minimum absolute atomic E-state index is 0.311. The molecule has 0 amide bonds. The van der Waals surface area contributed by atoms with Crippen LogP contribution in [0, 0.1) is 9.39 Å². The molecular formula is C19H20FIN6OS. The lowest BCUT2D eigenvalue weighted by Crippen LogP contribution is -2.49. The highest BCUT2D eigenvalue weighted by Crippen LogP contribution is 2.35. The average molecular weight is 526 g/mol. The highest BCUT2D eigenvalue weighted by atomic mass is 127. The van der Waals surface area contributed by atoms with Crippen LogP contribution >= 0.6 is 33.9 Å². The van der Waals surface area contributed by atoms with Crippen molar-refractivity contribution in [1.29, 1.82) is 0 Å². The molecule has 10 heteroatoms. The van der Waals surface area contributed by atoms with E-state index in [1.54, 1.807) is 18.5 Å². The molecule has 3 aromatic rings. The zero-order valence-electron chi connectivity index (χ0n) is 15.8. The summed E-state index contributed by atoms with van der Waals surface area (Å²) in [6.45, 7) is 5.97. The van der Waals surface area contributed by atoms with Crippen molar-refractivity contribution in [3.05, 3.63) is 46.0 Å². The number of nitrogens with one attached hydrogen (secondary N) is 1. The van der Waals surface area contributed by atoms with Gasteiger partial charge in [-0.15, -0.1) is 10.2 Å². The number of morpholine rings is 1. The summed E-state index contributed by atoms with van der Waals surface area (Å²) in [6.07, 6.45) is 3.37. The van der Waals surface area contributed by atoms with E-state index in [0.29, 0.717) is 24.6 Å². The van der Waals surface area contributed by atoms with Gasteiger partial charge in [-0.3, -0.25) is 9.99 Å². The second kappa shape index (κ2) is 9.28.